The van der Waals surface area contributed by atoms with Crippen molar-refractivity contribution in [2.45, 2.75) is 32.0 Å². The normalized spacial score (nSPS) is 23.5. The number of methoxy groups -OCH3 is 1. The van der Waals surface area contributed by atoms with Gasteiger partial charge in [0.15, 0.2) is 6.23 Å². The lowest BCUT2D eigenvalue weighted by atomic mass is 9.87. The Morgan fingerprint density at radius 2 is 2.04 bits per heavy atom. The van der Waals surface area contributed by atoms with E-state index in [4.69, 9.17) is 9.47 Å². The Morgan fingerprint density at radius 1 is 1.17 bits per heavy atom. The van der Waals surface area contributed by atoms with Crippen molar-refractivity contribution < 1.29 is 9.47 Å². The van der Waals surface area contributed by atoms with Crippen LogP contribution in [0.5, 0.6) is 11.5 Å². The van der Waals surface area contributed by atoms with Crippen LogP contribution in [0.15, 0.2) is 48.5 Å². The Bertz CT molecular complexity index is 671. The molecule has 0 aromatic heterocycles. The standard InChI is InChI=1S/C20H23NO2/c1-22-18-10-9-16-12-17-8-5-11-21(20(17)23-19(16)13-18)14-15-6-3-2-4-7-15/h2-4,6-7,9-10,13,17,20H,5,8,11-12,14H2,1H3. The fraction of sp³-hybridized carbons (Fsp3) is 0.400. The summed E-state index contributed by atoms with van der Waals surface area (Å²) in [7, 11) is 1.70. The van der Waals surface area contributed by atoms with Gasteiger partial charge in [0, 0.05) is 25.1 Å². The number of piperidine rings is 1. The average Bonchev–Trinajstić information content (AvgIpc) is 2.61. The summed E-state index contributed by atoms with van der Waals surface area (Å²) >= 11 is 0. The van der Waals surface area contributed by atoms with Gasteiger partial charge in [0.2, 0.25) is 0 Å². The Hall–Kier alpha value is -2.00. The zero-order valence-electron chi connectivity index (χ0n) is 13.6. The molecule has 2 aromatic carbocycles. The van der Waals surface area contributed by atoms with Gasteiger partial charge in [0.25, 0.3) is 0 Å². The molecule has 0 radical (unpaired) electrons. The number of ether oxygens (including phenoxy) is 2. The quantitative estimate of drug-likeness (QED) is 0.859. The minimum absolute atomic E-state index is 0.184. The fourth-order valence-electron chi connectivity index (χ4n) is 3.84. The van der Waals surface area contributed by atoms with E-state index in [1.54, 1.807) is 7.11 Å². The lowest BCUT2D eigenvalue weighted by Gasteiger charge is -2.44. The highest BCUT2D eigenvalue weighted by atomic mass is 16.5. The smallest absolute Gasteiger partial charge is 0.156 e. The molecule has 3 heteroatoms. The first-order chi connectivity index (χ1) is 11.3. The molecule has 3 nitrogen and oxygen atoms in total. The summed E-state index contributed by atoms with van der Waals surface area (Å²) in [6.45, 7) is 2.07. The number of benzene rings is 2. The van der Waals surface area contributed by atoms with Crippen molar-refractivity contribution in [1.29, 1.82) is 0 Å². The lowest BCUT2D eigenvalue weighted by Crippen LogP contribution is -2.50. The van der Waals surface area contributed by atoms with Crippen LogP contribution in [0.2, 0.25) is 0 Å². The highest BCUT2D eigenvalue weighted by Crippen LogP contribution is 2.39. The summed E-state index contributed by atoms with van der Waals surface area (Å²) in [5.74, 6) is 2.45. The highest BCUT2D eigenvalue weighted by Gasteiger charge is 2.37. The van der Waals surface area contributed by atoms with Crippen LogP contribution in [-0.2, 0) is 13.0 Å². The van der Waals surface area contributed by atoms with Crippen LogP contribution in [0.4, 0.5) is 0 Å². The van der Waals surface area contributed by atoms with E-state index < -0.39 is 0 Å². The van der Waals surface area contributed by atoms with E-state index in [9.17, 15) is 0 Å². The fourth-order valence-corrected chi connectivity index (χ4v) is 3.84. The summed E-state index contributed by atoms with van der Waals surface area (Å²) < 4.78 is 11.8. The molecule has 0 aliphatic carbocycles. The van der Waals surface area contributed by atoms with E-state index in [1.165, 1.54) is 24.0 Å². The van der Waals surface area contributed by atoms with Gasteiger partial charge in [-0.05, 0) is 36.5 Å². The Labute approximate surface area is 137 Å². The van der Waals surface area contributed by atoms with Crippen LogP contribution in [0.25, 0.3) is 0 Å². The molecule has 2 unspecified atom stereocenters. The van der Waals surface area contributed by atoms with E-state index in [0.717, 1.165) is 31.0 Å². The summed E-state index contributed by atoms with van der Waals surface area (Å²) in [5.41, 5.74) is 2.67. The van der Waals surface area contributed by atoms with Gasteiger partial charge in [-0.15, -0.1) is 0 Å². The third kappa shape index (κ3) is 2.93. The zero-order valence-corrected chi connectivity index (χ0v) is 13.6. The number of rotatable bonds is 3. The number of fused-ring (bicyclic) bond motifs is 2. The van der Waals surface area contributed by atoms with Crippen molar-refractivity contribution in [3.8, 4) is 11.5 Å². The second kappa shape index (κ2) is 6.25. The molecule has 0 spiro atoms. The molecule has 1 saturated heterocycles. The van der Waals surface area contributed by atoms with E-state index in [-0.39, 0.29) is 6.23 Å². The van der Waals surface area contributed by atoms with Crippen molar-refractivity contribution >= 4 is 0 Å². The predicted octanol–water partition coefficient (Wildman–Crippen LogP) is 3.87. The number of hydrogen-bond donors (Lipinski definition) is 0. The molecular weight excluding hydrogens is 286 g/mol. The largest absolute Gasteiger partial charge is 0.497 e. The predicted molar refractivity (Wildman–Crippen MR) is 90.7 cm³/mol. The van der Waals surface area contributed by atoms with E-state index in [0.29, 0.717) is 5.92 Å². The second-order valence-corrected chi connectivity index (χ2v) is 6.54. The molecule has 23 heavy (non-hydrogen) atoms. The van der Waals surface area contributed by atoms with Gasteiger partial charge in [-0.3, -0.25) is 4.90 Å². The minimum atomic E-state index is 0.184. The van der Waals surface area contributed by atoms with Gasteiger partial charge in [-0.25, -0.2) is 0 Å². The Kier molecular flexibility index (Phi) is 3.96. The first kappa shape index (κ1) is 14.6. The Morgan fingerprint density at radius 3 is 2.87 bits per heavy atom. The van der Waals surface area contributed by atoms with Crippen LogP contribution in [-0.4, -0.2) is 24.8 Å². The number of hydrogen-bond acceptors (Lipinski definition) is 3. The topological polar surface area (TPSA) is 21.7 Å². The molecule has 0 N–H and O–H groups in total. The molecule has 2 atom stereocenters. The summed E-state index contributed by atoms with van der Waals surface area (Å²) in [6.07, 6.45) is 3.79. The third-order valence-corrected chi connectivity index (χ3v) is 5.02. The van der Waals surface area contributed by atoms with Crippen LogP contribution in [0.3, 0.4) is 0 Å². The minimum Gasteiger partial charge on any atom is -0.497 e. The zero-order chi connectivity index (χ0) is 15.6. The number of nitrogens with zero attached hydrogens (tertiary/aromatic N) is 1. The van der Waals surface area contributed by atoms with Gasteiger partial charge in [-0.1, -0.05) is 36.4 Å². The molecule has 2 aliphatic heterocycles. The average molecular weight is 309 g/mol. The third-order valence-electron chi connectivity index (χ3n) is 5.02. The molecular formula is C20H23NO2. The van der Waals surface area contributed by atoms with Crippen molar-refractivity contribution in [2.24, 2.45) is 5.92 Å². The lowest BCUT2D eigenvalue weighted by molar-refractivity contribution is -0.0620. The maximum atomic E-state index is 6.41. The van der Waals surface area contributed by atoms with Crippen molar-refractivity contribution in [1.82, 2.24) is 4.90 Å². The van der Waals surface area contributed by atoms with E-state index in [2.05, 4.69) is 41.3 Å². The second-order valence-electron chi connectivity index (χ2n) is 6.54. The maximum Gasteiger partial charge on any atom is 0.156 e. The molecule has 0 bridgehead atoms. The first-order valence-corrected chi connectivity index (χ1v) is 8.45. The molecule has 1 fully saturated rings. The summed E-state index contributed by atoms with van der Waals surface area (Å²) in [4.78, 5) is 2.49. The van der Waals surface area contributed by atoms with Crippen molar-refractivity contribution in [3.05, 3.63) is 59.7 Å². The van der Waals surface area contributed by atoms with Crippen molar-refractivity contribution in [3.63, 3.8) is 0 Å². The molecule has 0 amide bonds. The summed E-state index contributed by atoms with van der Waals surface area (Å²) in [5, 5.41) is 0. The van der Waals surface area contributed by atoms with Crippen molar-refractivity contribution in [2.75, 3.05) is 13.7 Å². The van der Waals surface area contributed by atoms with Gasteiger partial charge >= 0.3 is 0 Å². The molecule has 2 aromatic rings. The van der Waals surface area contributed by atoms with E-state index >= 15 is 0 Å². The monoisotopic (exact) mass is 309 g/mol. The number of likely N-dealkylation sites (tertiary alicyclic amines) is 1. The molecule has 120 valence electrons. The van der Waals surface area contributed by atoms with Crippen LogP contribution < -0.4 is 9.47 Å². The Balaban J connectivity index is 1.57. The SMILES string of the molecule is COc1ccc2c(c1)OC1C(CCCN1Cc1ccccc1)C2. The molecule has 2 aliphatic rings. The highest BCUT2D eigenvalue weighted by molar-refractivity contribution is 5.42. The van der Waals surface area contributed by atoms with Gasteiger partial charge in [0.1, 0.15) is 11.5 Å². The molecule has 0 saturated carbocycles. The van der Waals surface area contributed by atoms with E-state index in [1.807, 2.05) is 12.1 Å². The summed E-state index contributed by atoms with van der Waals surface area (Å²) in [6, 6.07) is 16.9. The van der Waals surface area contributed by atoms with Gasteiger partial charge in [0.05, 0.1) is 7.11 Å². The van der Waals surface area contributed by atoms with Crippen LogP contribution in [0.1, 0.15) is 24.0 Å². The maximum absolute atomic E-state index is 6.41. The van der Waals surface area contributed by atoms with Crippen LogP contribution in [0, 0.1) is 5.92 Å². The molecule has 2 heterocycles. The van der Waals surface area contributed by atoms with Gasteiger partial charge < -0.3 is 9.47 Å². The van der Waals surface area contributed by atoms with Crippen LogP contribution >= 0.6 is 0 Å². The molecule has 4 rings (SSSR count). The first-order valence-electron chi connectivity index (χ1n) is 8.45. The van der Waals surface area contributed by atoms with Gasteiger partial charge in [-0.2, -0.15) is 0 Å².